The summed E-state index contributed by atoms with van der Waals surface area (Å²) < 4.78 is 7.65. The van der Waals surface area contributed by atoms with E-state index < -0.39 is 0 Å². The Hall–Kier alpha value is -1.81. The van der Waals surface area contributed by atoms with Gasteiger partial charge in [0.2, 0.25) is 0 Å². The lowest BCUT2D eigenvalue weighted by Crippen LogP contribution is -2.10. The van der Waals surface area contributed by atoms with Crippen molar-refractivity contribution in [2.75, 3.05) is 13.6 Å². The average Bonchev–Trinajstić information content (AvgIpc) is 2.93. The van der Waals surface area contributed by atoms with Crippen molar-refractivity contribution in [3.8, 4) is 5.75 Å². The molecule has 20 heavy (non-hydrogen) atoms. The molecule has 2 aromatic rings. The van der Waals surface area contributed by atoms with Gasteiger partial charge in [0.15, 0.2) is 5.75 Å². The minimum atomic E-state index is 0.360. The molecule has 0 aliphatic heterocycles. The number of likely N-dealkylation sites (N-methyl/N-ethyl adjacent to an activating group) is 1. The number of hydrogen-bond acceptors (Lipinski definition) is 3. The van der Waals surface area contributed by atoms with E-state index in [1.807, 2.05) is 17.9 Å². The van der Waals surface area contributed by atoms with Crippen LogP contribution in [0.3, 0.4) is 0 Å². The molecule has 0 aliphatic rings. The predicted molar refractivity (Wildman–Crippen MR) is 81.0 cm³/mol. The van der Waals surface area contributed by atoms with E-state index in [9.17, 15) is 0 Å². The van der Waals surface area contributed by atoms with Crippen molar-refractivity contribution in [3.63, 3.8) is 0 Å². The van der Waals surface area contributed by atoms with Crippen LogP contribution in [0.5, 0.6) is 5.75 Å². The van der Waals surface area contributed by atoms with Gasteiger partial charge in [0, 0.05) is 6.04 Å². The van der Waals surface area contributed by atoms with Crippen LogP contribution in [-0.4, -0.2) is 23.4 Å². The van der Waals surface area contributed by atoms with E-state index in [0.717, 1.165) is 18.7 Å². The fourth-order valence-electron chi connectivity index (χ4n) is 1.92. The maximum absolute atomic E-state index is 5.75. The summed E-state index contributed by atoms with van der Waals surface area (Å²) >= 11 is 0. The topological polar surface area (TPSA) is 39.1 Å². The van der Waals surface area contributed by atoms with Crippen LogP contribution in [0.15, 0.2) is 36.7 Å². The fourth-order valence-corrected chi connectivity index (χ4v) is 1.92. The van der Waals surface area contributed by atoms with Crippen molar-refractivity contribution >= 4 is 0 Å². The number of benzene rings is 1. The Morgan fingerprint density at radius 2 is 1.90 bits per heavy atom. The maximum atomic E-state index is 5.75. The Balaban J connectivity index is 1.86. The van der Waals surface area contributed by atoms with Crippen LogP contribution < -0.4 is 10.1 Å². The highest BCUT2D eigenvalue weighted by molar-refractivity contribution is 5.23. The van der Waals surface area contributed by atoms with Gasteiger partial charge in [0.1, 0.15) is 6.61 Å². The number of ether oxygens (including phenoxy) is 1. The number of aromatic nitrogens is 2. The van der Waals surface area contributed by atoms with Gasteiger partial charge in [-0.25, -0.2) is 0 Å². The summed E-state index contributed by atoms with van der Waals surface area (Å²) in [5, 5.41) is 7.42. The smallest absolute Gasteiger partial charge is 0.157 e. The van der Waals surface area contributed by atoms with Crippen molar-refractivity contribution < 1.29 is 4.74 Å². The molecule has 0 aliphatic carbocycles. The van der Waals surface area contributed by atoms with Gasteiger partial charge >= 0.3 is 0 Å². The summed E-state index contributed by atoms with van der Waals surface area (Å²) in [5.41, 5.74) is 2.52. The lowest BCUT2D eigenvalue weighted by Gasteiger charge is -2.06. The Morgan fingerprint density at radius 3 is 2.50 bits per heavy atom. The third-order valence-corrected chi connectivity index (χ3v) is 3.20. The van der Waals surface area contributed by atoms with Crippen LogP contribution in [0, 0.1) is 0 Å². The zero-order valence-electron chi connectivity index (χ0n) is 12.5. The van der Waals surface area contributed by atoms with Crippen molar-refractivity contribution in [2.45, 2.75) is 32.9 Å². The maximum Gasteiger partial charge on any atom is 0.157 e. The van der Waals surface area contributed by atoms with Crippen LogP contribution in [-0.2, 0) is 13.0 Å². The van der Waals surface area contributed by atoms with Gasteiger partial charge in [0.25, 0.3) is 0 Å². The summed E-state index contributed by atoms with van der Waals surface area (Å²) in [7, 11) is 1.97. The molecular weight excluding hydrogens is 250 g/mol. The highest BCUT2D eigenvalue weighted by Crippen LogP contribution is 2.14. The van der Waals surface area contributed by atoms with Crippen molar-refractivity contribution in [1.29, 1.82) is 0 Å². The molecule has 0 radical (unpaired) electrons. The summed E-state index contributed by atoms with van der Waals surface area (Å²) in [5.74, 6) is 0.818. The molecule has 0 fully saturated rings. The summed E-state index contributed by atoms with van der Waals surface area (Å²) in [6.45, 7) is 5.78. The third kappa shape index (κ3) is 4.10. The highest BCUT2D eigenvalue weighted by Gasteiger charge is 2.03. The fraction of sp³-hybridized carbons (Fsp3) is 0.438. The number of rotatable bonds is 7. The highest BCUT2D eigenvalue weighted by atomic mass is 16.5. The van der Waals surface area contributed by atoms with Gasteiger partial charge in [-0.15, -0.1) is 0 Å². The first-order valence-corrected chi connectivity index (χ1v) is 7.08. The molecule has 0 saturated carbocycles. The SMILES string of the molecule is CNCCc1ccc(COc2cnn(C(C)C)c2)cc1. The van der Waals surface area contributed by atoms with Crippen LogP contribution in [0.4, 0.5) is 0 Å². The van der Waals surface area contributed by atoms with E-state index in [0.29, 0.717) is 12.6 Å². The first kappa shape index (κ1) is 14.6. The molecular formula is C16H23N3O. The van der Waals surface area contributed by atoms with Gasteiger partial charge in [-0.1, -0.05) is 24.3 Å². The Labute approximate surface area is 120 Å². The van der Waals surface area contributed by atoms with Gasteiger partial charge in [-0.05, 0) is 45.0 Å². The van der Waals surface area contributed by atoms with Gasteiger partial charge < -0.3 is 10.1 Å². The molecule has 0 amide bonds. The third-order valence-electron chi connectivity index (χ3n) is 3.20. The minimum Gasteiger partial charge on any atom is -0.486 e. The van der Waals surface area contributed by atoms with Crippen molar-refractivity contribution in [1.82, 2.24) is 15.1 Å². The van der Waals surface area contributed by atoms with E-state index in [1.165, 1.54) is 11.1 Å². The molecule has 0 spiro atoms. The van der Waals surface area contributed by atoms with Crippen LogP contribution in [0.2, 0.25) is 0 Å². The second-order valence-electron chi connectivity index (χ2n) is 5.21. The molecule has 1 aromatic carbocycles. The zero-order chi connectivity index (χ0) is 14.4. The molecule has 0 unspecified atom stereocenters. The van der Waals surface area contributed by atoms with Crippen LogP contribution >= 0.6 is 0 Å². The summed E-state index contributed by atoms with van der Waals surface area (Å²) in [6.07, 6.45) is 4.76. The zero-order valence-corrected chi connectivity index (χ0v) is 12.5. The first-order chi connectivity index (χ1) is 9.69. The minimum absolute atomic E-state index is 0.360. The summed E-state index contributed by atoms with van der Waals surface area (Å²) in [4.78, 5) is 0. The van der Waals surface area contributed by atoms with Gasteiger partial charge in [-0.3, -0.25) is 4.68 Å². The van der Waals surface area contributed by atoms with E-state index in [1.54, 1.807) is 6.20 Å². The van der Waals surface area contributed by atoms with Gasteiger partial charge in [0.05, 0.1) is 12.4 Å². The van der Waals surface area contributed by atoms with Gasteiger partial charge in [-0.2, -0.15) is 5.10 Å². The van der Waals surface area contributed by atoms with Crippen LogP contribution in [0.1, 0.15) is 31.0 Å². The Morgan fingerprint density at radius 1 is 1.20 bits per heavy atom. The predicted octanol–water partition coefficient (Wildman–Crippen LogP) is 2.80. The standard InChI is InChI=1S/C16H23N3O/c1-13(2)19-11-16(10-18-19)20-12-15-6-4-14(5-7-15)8-9-17-3/h4-7,10-11,13,17H,8-9,12H2,1-3H3. The van der Waals surface area contributed by atoms with E-state index in [-0.39, 0.29) is 0 Å². The lowest BCUT2D eigenvalue weighted by atomic mass is 10.1. The average molecular weight is 273 g/mol. The van der Waals surface area contributed by atoms with Crippen molar-refractivity contribution in [2.24, 2.45) is 0 Å². The van der Waals surface area contributed by atoms with E-state index in [2.05, 4.69) is 48.5 Å². The first-order valence-electron chi connectivity index (χ1n) is 7.08. The van der Waals surface area contributed by atoms with Crippen molar-refractivity contribution in [3.05, 3.63) is 47.8 Å². The second kappa shape index (κ2) is 7.10. The largest absolute Gasteiger partial charge is 0.486 e. The summed E-state index contributed by atoms with van der Waals surface area (Å²) in [6, 6.07) is 8.93. The second-order valence-corrected chi connectivity index (χ2v) is 5.21. The molecule has 4 heteroatoms. The number of nitrogens with one attached hydrogen (secondary N) is 1. The normalized spacial score (nSPS) is 11.0. The molecule has 1 N–H and O–H groups in total. The molecule has 1 aromatic heterocycles. The lowest BCUT2D eigenvalue weighted by molar-refractivity contribution is 0.305. The molecule has 2 rings (SSSR count). The molecule has 1 heterocycles. The van der Waals surface area contributed by atoms with E-state index >= 15 is 0 Å². The number of nitrogens with zero attached hydrogens (tertiary/aromatic N) is 2. The van der Waals surface area contributed by atoms with Crippen LogP contribution in [0.25, 0.3) is 0 Å². The quantitative estimate of drug-likeness (QED) is 0.843. The molecule has 108 valence electrons. The molecule has 0 saturated heterocycles. The molecule has 0 bridgehead atoms. The Bertz CT molecular complexity index is 517. The van der Waals surface area contributed by atoms with E-state index in [4.69, 9.17) is 4.74 Å². The Kier molecular flexibility index (Phi) is 5.18. The molecule has 4 nitrogen and oxygen atoms in total. The monoisotopic (exact) mass is 273 g/mol. The molecule has 0 atom stereocenters. The number of hydrogen-bond donors (Lipinski definition) is 1.